The standard InChI is InChI=1S/C63H46N2/c1-3-5-20-45-34-35-48(42-46(45)21-6-4-2)47-22-19-27-53(43-47)64(51-36-38-52(39-37-51)65-61-32-17-14-29-57(61)58-30-15-18-33-62(58)65)54-40-41-56-55-28-13-16-31-59(55)63(60(56)44-54,49-23-9-7-10-24-49)50-25-11-8-12-26-50/h3-44H,1-2H2/b20-5-,21-6-/i36D,37D,38D,39D. The van der Waals surface area contributed by atoms with Gasteiger partial charge in [0.25, 0.3) is 0 Å². The second-order valence-corrected chi connectivity index (χ2v) is 16.2. The maximum Gasteiger partial charge on any atom is 0.0714 e. The number of hydrogen-bond acceptors (Lipinski definition) is 1. The maximum atomic E-state index is 10.0. The Morgan fingerprint density at radius 1 is 0.446 bits per heavy atom. The lowest BCUT2D eigenvalue weighted by Crippen LogP contribution is -2.28. The van der Waals surface area contributed by atoms with Gasteiger partial charge in [-0.15, -0.1) is 0 Å². The van der Waals surface area contributed by atoms with Gasteiger partial charge in [0.2, 0.25) is 0 Å². The number of fused-ring (bicyclic) bond motifs is 6. The molecule has 1 aliphatic rings. The van der Waals surface area contributed by atoms with Gasteiger partial charge in [-0.1, -0.05) is 201 Å². The van der Waals surface area contributed by atoms with Gasteiger partial charge in [0.05, 0.1) is 21.9 Å². The Morgan fingerprint density at radius 2 is 1.02 bits per heavy atom. The number of hydrogen-bond donors (Lipinski definition) is 0. The topological polar surface area (TPSA) is 8.17 Å². The first-order chi connectivity index (χ1) is 33.8. The summed E-state index contributed by atoms with van der Waals surface area (Å²) in [6, 6.07) is 66.0. The van der Waals surface area contributed by atoms with E-state index in [0.717, 1.165) is 77.4 Å². The SMILES string of the molecule is [2H]c1c([2H])c(-n2c3ccccc3c3ccccc32)c([2H])c([2H])c1N(c1cccc(-c2ccc(/C=C\C=C)c(/C=C\C=C)c2)c1)c1ccc2c(c1)C(c1ccccc1)(c1ccccc1)c1ccccc1-2. The first kappa shape index (κ1) is 35.1. The maximum absolute atomic E-state index is 10.0. The molecule has 0 atom stereocenters. The second-order valence-electron chi connectivity index (χ2n) is 16.2. The fraction of sp³-hybridized carbons (Fsp3) is 0.0159. The third-order valence-electron chi connectivity index (χ3n) is 12.7. The number of aromatic nitrogens is 1. The van der Waals surface area contributed by atoms with E-state index in [0.29, 0.717) is 11.4 Å². The summed E-state index contributed by atoms with van der Waals surface area (Å²) in [7, 11) is 0. The molecule has 10 aromatic rings. The van der Waals surface area contributed by atoms with Crippen LogP contribution in [-0.2, 0) is 5.41 Å². The molecule has 0 N–H and O–H groups in total. The van der Waals surface area contributed by atoms with Crippen LogP contribution in [0.15, 0.2) is 256 Å². The summed E-state index contributed by atoms with van der Waals surface area (Å²) in [6.07, 6.45) is 11.4. The number of allylic oxidation sites excluding steroid dienone is 4. The van der Waals surface area contributed by atoms with Gasteiger partial charge in [-0.2, -0.15) is 0 Å². The highest BCUT2D eigenvalue weighted by Crippen LogP contribution is 2.57. The third kappa shape index (κ3) is 6.67. The van der Waals surface area contributed by atoms with Crippen LogP contribution in [-0.4, -0.2) is 4.57 Å². The average Bonchev–Trinajstić information content (AvgIpc) is 3.89. The predicted molar refractivity (Wildman–Crippen MR) is 277 cm³/mol. The van der Waals surface area contributed by atoms with Gasteiger partial charge in [-0.25, -0.2) is 0 Å². The van der Waals surface area contributed by atoms with Gasteiger partial charge in [0.1, 0.15) is 0 Å². The van der Waals surface area contributed by atoms with Crippen LogP contribution < -0.4 is 4.90 Å². The molecule has 0 radical (unpaired) electrons. The lowest BCUT2D eigenvalue weighted by molar-refractivity contribution is 0.768. The Kier molecular flexibility index (Phi) is 8.99. The number of nitrogens with zero attached hydrogens (tertiary/aromatic N) is 2. The lowest BCUT2D eigenvalue weighted by atomic mass is 9.67. The lowest BCUT2D eigenvalue weighted by Gasteiger charge is -2.35. The molecule has 0 spiro atoms. The van der Waals surface area contributed by atoms with E-state index >= 15 is 0 Å². The molecule has 0 amide bonds. The zero-order valence-electron chi connectivity index (χ0n) is 39.7. The Labute approximate surface area is 387 Å². The van der Waals surface area contributed by atoms with Crippen LogP contribution in [0.3, 0.4) is 0 Å². The molecule has 1 heterocycles. The summed E-state index contributed by atoms with van der Waals surface area (Å²) in [6.45, 7) is 7.77. The molecule has 1 aliphatic carbocycles. The Balaban J connectivity index is 1.19. The summed E-state index contributed by atoms with van der Waals surface area (Å²) < 4.78 is 41.7. The van der Waals surface area contributed by atoms with Crippen LogP contribution in [0.4, 0.5) is 17.1 Å². The molecule has 2 heteroatoms. The minimum Gasteiger partial charge on any atom is -0.310 e. The molecular weight excluding hydrogens is 785 g/mol. The molecule has 0 unspecified atom stereocenters. The summed E-state index contributed by atoms with van der Waals surface area (Å²) in [5.41, 5.74) is 13.2. The van der Waals surface area contributed by atoms with Gasteiger partial charge in [0.15, 0.2) is 0 Å². The van der Waals surface area contributed by atoms with E-state index in [-0.39, 0.29) is 35.5 Å². The Bertz CT molecular complexity index is 3590. The van der Waals surface area contributed by atoms with Gasteiger partial charge in [-0.3, -0.25) is 0 Å². The molecule has 0 fully saturated rings. The molecule has 11 rings (SSSR count). The van der Waals surface area contributed by atoms with Crippen LogP contribution in [0.2, 0.25) is 0 Å². The molecule has 308 valence electrons. The minimum absolute atomic E-state index is 0.142. The third-order valence-corrected chi connectivity index (χ3v) is 12.7. The monoisotopic (exact) mass is 834 g/mol. The second kappa shape index (κ2) is 16.7. The molecule has 0 saturated carbocycles. The van der Waals surface area contributed by atoms with E-state index in [4.69, 9.17) is 0 Å². The first-order valence-corrected chi connectivity index (χ1v) is 21.9. The van der Waals surface area contributed by atoms with Crippen LogP contribution in [0.5, 0.6) is 0 Å². The highest BCUT2D eigenvalue weighted by atomic mass is 15.1. The zero-order valence-corrected chi connectivity index (χ0v) is 35.7. The number of anilines is 3. The Hall–Kier alpha value is -8.46. The highest BCUT2D eigenvalue weighted by molar-refractivity contribution is 6.09. The molecule has 1 aromatic heterocycles. The number of benzene rings is 9. The van der Waals surface area contributed by atoms with Crippen molar-refractivity contribution in [2.24, 2.45) is 0 Å². The van der Waals surface area contributed by atoms with Gasteiger partial charge in [0, 0.05) is 33.5 Å². The van der Waals surface area contributed by atoms with E-state index in [9.17, 15) is 5.48 Å². The predicted octanol–water partition coefficient (Wildman–Crippen LogP) is 16.7. The van der Waals surface area contributed by atoms with Gasteiger partial charge >= 0.3 is 0 Å². The number of rotatable bonds is 11. The highest BCUT2D eigenvalue weighted by Gasteiger charge is 2.46. The van der Waals surface area contributed by atoms with E-state index in [1.807, 2.05) is 107 Å². The summed E-state index contributed by atoms with van der Waals surface area (Å²) >= 11 is 0. The van der Waals surface area contributed by atoms with Crippen LogP contribution in [0.1, 0.15) is 38.9 Å². The van der Waals surface area contributed by atoms with Gasteiger partial charge < -0.3 is 9.47 Å². The summed E-state index contributed by atoms with van der Waals surface area (Å²) in [4.78, 5) is 1.92. The summed E-state index contributed by atoms with van der Waals surface area (Å²) in [5.74, 6) is 0. The minimum atomic E-state index is -0.718. The van der Waals surface area contributed by atoms with Crippen molar-refractivity contribution in [3.05, 3.63) is 289 Å². The van der Waals surface area contributed by atoms with Crippen molar-refractivity contribution in [2.75, 3.05) is 4.90 Å². The van der Waals surface area contributed by atoms with Crippen LogP contribution >= 0.6 is 0 Å². The van der Waals surface area contributed by atoms with Crippen molar-refractivity contribution in [3.8, 4) is 27.9 Å². The van der Waals surface area contributed by atoms with E-state index in [1.54, 1.807) is 12.2 Å². The molecule has 0 bridgehead atoms. The molecule has 2 nitrogen and oxygen atoms in total. The van der Waals surface area contributed by atoms with E-state index in [1.165, 1.54) is 0 Å². The molecule has 65 heavy (non-hydrogen) atoms. The molecule has 9 aromatic carbocycles. The molecule has 0 aliphatic heterocycles. The van der Waals surface area contributed by atoms with Crippen molar-refractivity contribution >= 4 is 51.0 Å². The van der Waals surface area contributed by atoms with Crippen LogP contribution in [0, 0.1) is 0 Å². The number of para-hydroxylation sites is 2. The largest absolute Gasteiger partial charge is 0.310 e. The van der Waals surface area contributed by atoms with Crippen molar-refractivity contribution in [1.29, 1.82) is 0 Å². The normalized spacial score (nSPS) is 13.6. The van der Waals surface area contributed by atoms with E-state index < -0.39 is 5.41 Å². The summed E-state index contributed by atoms with van der Waals surface area (Å²) in [5, 5.41) is 1.94. The fourth-order valence-electron chi connectivity index (χ4n) is 9.88. The van der Waals surface area contributed by atoms with Gasteiger partial charge in [-0.05, 0) is 122 Å². The molecular formula is C63H46N2. The smallest absolute Gasteiger partial charge is 0.0714 e. The van der Waals surface area contributed by atoms with E-state index in [2.05, 4.69) is 134 Å². The first-order valence-electron chi connectivity index (χ1n) is 23.9. The molecule has 0 saturated heterocycles. The zero-order chi connectivity index (χ0) is 47.2. The quantitative estimate of drug-likeness (QED) is 0.118. The van der Waals surface area contributed by atoms with Crippen molar-refractivity contribution in [1.82, 2.24) is 4.57 Å². The Morgan fingerprint density at radius 3 is 1.69 bits per heavy atom. The van der Waals surface area contributed by atoms with Crippen molar-refractivity contribution in [2.45, 2.75) is 5.41 Å². The fourth-order valence-corrected chi connectivity index (χ4v) is 9.88. The van der Waals surface area contributed by atoms with Crippen molar-refractivity contribution in [3.63, 3.8) is 0 Å². The van der Waals surface area contributed by atoms with Crippen molar-refractivity contribution < 1.29 is 5.48 Å². The average molecular weight is 835 g/mol. The van der Waals surface area contributed by atoms with Crippen LogP contribution in [0.25, 0.3) is 61.9 Å².